The van der Waals surface area contributed by atoms with Gasteiger partial charge in [0.05, 0.1) is 11.4 Å². The van der Waals surface area contributed by atoms with Crippen LogP contribution in [-0.4, -0.2) is 67.2 Å². The summed E-state index contributed by atoms with van der Waals surface area (Å²) in [6, 6.07) is 5.69. The molecule has 1 aliphatic rings. The molecule has 29 heavy (non-hydrogen) atoms. The van der Waals surface area contributed by atoms with Crippen molar-refractivity contribution < 1.29 is 17.7 Å². The lowest BCUT2D eigenvalue weighted by Gasteiger charge is -2.34. The van der Waals surface area contributed by atoms with Gasteiger partial charge in [0.1, 0.15) is 11.6 Å². The van der Waals surface area contributed by atoms with Crippen molar-refractivity contribution in [1.29, 1.82) is 0 Å². The van der Waals surface area contributed by atoms with Crippen molar-refractivity contribution in [2.75, 3.05) is 43.4 Å². The van der Waals surface area contributed by atoms with E-state index in [0.29, 0.717) is 38.4 Å². The quantitative estimate of drug-likeness (QED) is 0.674. The second kappa shape index (κ2) is 9.36. The van der Waals surface area contributed by atoms with Crippen molar-refractivity contribution >= 4 is 21.7 Å². The van der Waals surface area contributed by atoms with E-state index < -0.39 is 10.0 Å². The molecular formula is C19H27N5O4S. The smallest absolute Gasteiger partial charge is 0.220 e. The monoisotopic (exact) mass is 421 g/mol. The molecule has 3 heterocycles. The Morgan fingerprint density at radius 3 is 2.59 bits per heavy atom. The topological polar surface area (TPSA) is 109 Å². The number of anilines is 1. The molecule has 10 heteroatoms. The first kappa shape index (κ1) is 21.3. The van der Waals surface area contributed by atoms with E-state index in [9.17, 15) is 13.2 Å². The summed E-state index contributed by atoms with van der Waals surface area (Å²) in [4.78, 5) is 18.4. The van der Waals surface area contributed by atoms with Gasteiger partial charge in [0.2, 0.25) is 15.9 Å². The summed E-state index contributed by atoms with van der Waals surface area (Å²) in [7, 11) is -3.41. The van der Waals surface area contributed by atoms with Crippen LogP contribution in [0.4, 0.5) is 5.82 Å². The maximum atomic E-state index is 12.6. The zero-order chi connectivity index (χ0) is 20.9. The zero-order valence-corrected chi connectivity index (χ0v) is 17.6. The highest BCUT2D eigenvalue weighted by Crippen LogP contribution is 2.15. The molecule has 0 saturated carbocycles. The van der Waals surface area contributed by atoms with Crippen LogP contribution in [-0.2, 0) is 21.2 Å². The lowest BCUT2D eigenvalue weighted by atomic mass is 10.1. The highest BCUT2D eigenvalue weighted by molar-refractivity contribution is 7.89. The van der Waals surface area contributed by atoms with E-state index >= 15 is 0 Å². The first-order chi connectivity index (χ1) is 13.9. The van der Waals surface area contributed by atoms with Gasteiger partial charge in [0.15, 0.2) is 0 Å². The average molecular weight is 422 g/mol. The molecule has 1 amide bonds. The number of aryl methyl sites for hydroxylation is 2. The third kappa shape index (κ3) is 5.54. The first-order valence-electron chi connectivity index (χ1n) is 9.69. The van der Waals surface area contributed by atoms with Crippen LogP contribution in [0, 0.1) is 13.8 Å². The van der Waals surface area contributed by atoms with Crippen LogP contribution in [0.15, 0.2) is 28.9 Å². The lowest BCUT2D eigenvalue weighted by Crippen LogP contribution is -2.50. The molecule has 0 atom stereocenters. The average Bonchev–Trinajstić information content (AvgIpc) is 3.04. The van der Waals surface area contributed by atoms with E-state index in [-0.39, 0.29) is 24.6 Å². The van der Waals surface area contributed by atoms with Crippen molar-refractivity contribution in [2.24, 2.45) is 0 Å². The summed E-state index contributed by atoms with van der Waals surface area (Å²) >= 11 is 0. The fraction of sp³-hybridized carbons (Fsp3) is 0.526. The number of nitrogens with one attached hydrogen (secondary N) is 1. The Hall–Kier alpha value is -2.46. The summed E-state index contributed by atoms with van der Waals surface area (Å²) in [6.45, 7) is 5.78. The molecule has 1 saturated heterocycles. The van der Waals surface area contributed by atoms with Gasteiger partial charge in [0.25, 0.3) is 0 Å². The van der Waals surface area contributed by atoms with Gasteiger partial charge in [-0.1, -0.05) is 11.2 Å². The summed E-state index contributed by atoms with van der Waals surface area (Å²) < 4.78 is 31.7. The number of pyridine rings is 1. The maximum Gasteiger partial charge on any atom is 0.220 e. The van der Waals surface area contributed by atoms with Gasteiger partial charge in [-0.3, -0.25) is 4.79 Å². The molecule has 3 rings (SSSR count). The number of hydrogen-bond acceptors (Lipinski definition) is 7. The second-order valence-corrected chi connectivity index (χ2v) is 9.13. The molecule has 0 aliphatic carbocycles. The maximum absolute atomic E-state index is 12.6. The van der Waals surface area contributed by atoms with Crippen molar-refractivity contribution in [3.05, 3.63) is 41.4 Å². The van der Waals surface area contributed by atoms with Gasteiger partial charge in [-0.15, -0.1) is 0 Å². The second-order valence-electron chi connectivity index (χ2n) is 7.04. The SMILES string of the molecule is Cc1noc(C)c1CCC(=O)NCCS(=O)(=O)N1CCN(c2ccccn2)CC1. The minimum Gasteiger partial charge on any atom is -0.361 e. The summed E-state index contributed by atoms with van der Waals surface area (Å²) in [5, 5.41) is 6.56. The van der Waals surface area contributed by atoms with Crippen LogP contribution < -0.4 is 10.2 Å². The van der Waals surface area contributed by atoms with Gasteiger partial charge < -0.3 is 14.7 Å². The summed E-state index contributed by atoms with van der Waals surface area (Å²) in [5.41, 5.74) is 1.71. The molecule has 0 spiro atoms. The van der Waals surface area contributed by atoms with E-state index in [2.05, 4.69) is 20.4 Å². The van der Waals surface area contributed by atoms with E-state index in [1.807, 2.05) is 32.0 Å². The highest BCUT2D eigenvalue weighted by Gasteiger charge is 2.27. The van der Waals surface area contributed by atoms with Gasteiger partial charge in [-0.05, 0) is 32.4 Å². The fourth-order valence-electron chi connectivity index (χ4n) is 3.37. The number of amides is 1. The molecule has 1 N–H and O–H groups in total. The fourth-order valence-corrected chi connectivity index (χ4v) is 4.71. The number of aromatic nitrogens is 2. The Labute approximate surface area is 171 Å². The molecule has 1 aliphatic heterocycles. The Bertz CT molecular complexity index is 902. The summed E-state index contributed by atoms with van der Waals surface area (Å²) in [5.74, 6) is 1.28. The van der Waals surface area contributed by atoms with E-state index in [4.69, 9.17) is 4.52 Å². The molecule has 0 bridgehead atoms. The predicted octanol–water partition coefficient (Wildman–Crippen LogP) is 0.887. The standard InChI is InChI=1S/C19H27N5O4S/c1-15-17(16(2)28-22-15)6-7-19(25)21-9-14-29(26,27)24-12-10-23(11-13-24)18-5-3-4-8-20-18/h3-5,8H,6-7,9-14H2,1-2H3,(H,21,25). The molecule has 2 aromatic heterocycles. The van der Waals surface area contributed by atoms with Crippen LogP contribution in [0.1, 0.15) is 23.4 Å². The number of rotatable bonds is 8. The van der Waals surface area contributed by atoms with Crippen LogP contribution in [0.5, 0.6) is 0 Å². The van der Waals surface area contributed by atoms with Crippen LogP contribution >= 0.6 is 0 Å². The molecule has 0 radical (unpaired) electrons. The number of nitrogens with zero attached hydrogens (tertiary/aromatic N) is 4. The molecule has 2 aromatic rings. The van der Waals surface area contributed by atoms with Gasteiger partial charge in [-0.2, -0.15) is 4.31 Å². The Morgan fingerprint density at radius 1 is 1.21 bits per heavy atom. The molecule has 0 unspecified atom stereocenters. The van der Waals surface area contributed by atoms with Gasteiger partial charge in [-0.25, -0.2) is 13.4 Å². The minimum atomic E-state index is -3.41. The largest absolute Gasteiger partial charge is 0.361 e. The number of hydrogen-bond donors (Lipinski definition) is 1. The van der Waals surface area contributed by atoms with Gasteiger partial charge >= 0.3 is 0 Å². The Kier molecular flexibility index (Phi) is 6.86. The number of piperazine rings is 1. The molecule has 1 fully saturated rings. The Morgan fingerprint density at radius 2 is 1.97 bits per heavy atom. The van der Waals surface area contributed by atoms with Crippen molar-refractivity contribution in [3.8, 4) is 0 Å². The normalized spacial score (nSPS) is 15.4. The zero-order valence-electron chi connectivity index (χ0n) is 16.8. The third-order valence-electron chi connectivity index (χ3n) is 5.07. The van der Waals surface area contributed by atoms with Crippen molar-refractivity contribution in [1.82, 2.24) is 19.8 Å². The van der Waals surface area contributed by atoms with Crippen molar-refractivity contribution in [2.45, 2.75) is 26.7 Å². The third-order valence-corrected chi connectivity index (χ3v) is 6.94. The highest BCUT2D eigenvalue weighted by atomic mass is 32.2. The van der Waals surface area contributed by atoms with E-state index in [1.165, 1.54) is 4.31 Å². The molecule has 0 aromatic carbocycles. The van der Waals surface area contributed by atoms with Crippen LogP contribution in [0.2, 0.25) is 0 Å². The Balaban J connectivity index is 1.40. The first-order valence-corrected chi connectivity index (χ1v) is 11.3. The van der Waals surface area contributed by atoms with Gasteiger partial charge in [0, 0.05) is 50.9 Å². The number of sulfonamides is 1. The molecule has 158 valence electrons. The van der Waals surface area contributed by atoms with Crippen LogP contribution in [0.3, 0.4) is 0 Å². The molecule has 9 nitrogen and oxygen atoms in total. The van der Waals surface area contributed by atoms with E-state index in [0.717, 1.165) is 17.1 Å². The van der Waals surface area contributed by atoms with E-state index in [1.54, 1.807) is 6.20 Å². The summed E-state index contributed by atoms with van der Waals surface area (Å²) in [6.07, 6.45) is 2.52. The predicted molar refractivity (Wildman–Crippen MR) is 109 cm³/mol. The number of carbonyl (C=O) groups excluding carboxylic acids is 1. The van der Waals surface area contributed by atoms with Crippen molar-refractivity contribution in [3.63, 3.8) is 0 Å². The lowest BCUT2D eigenvalue weighted by molar-refractivity contribution is -0.120. The number of carbonyl (C=O) groups is 1. The van der Waals surface area contributed by atoms with Crippen LogP contribution in [0.25, 0.3) is 0 Å². The molecular weight excluding hydrogens is 394 g/mol. The minimum absolute atomic E-state index is 0.100.